The van der Waals surface area contributed by atoms with Gasteiger partial charge in [0.15, 0.2) is 0 Å². The lowest BCUT2D eigenvalue weighted by Crippen LogP contribution is -2.11. The fraction of sp³-hybridized carbons (Fsp3) is 0.500. The summed E-state index contributed by atoms with van der Waals surface area (Å²) in [5, 5.41) is 0. The third kappa shape index (κ3) is 1.46. The number of methoxy groups -OCH3 is 1. The van der Waals surface area contributed by atoms with Crippen molar-refractivity contribution in [1.82, 2.24) is 0 Å². The maximum Gasteiger partial charge on any atom is 0.119 e. The highest BCUT2D eigenvalue weighted by Crippen LogP contribution is 2.49. The van der Waals surface area contributed by atoms with Gasteiger partial charge >= 0.3 is 0 Å². The van der Waals surface area contributed by atoms with E-state index in [1.807, 2.05) is 6.07 Å². The Morgan fingerprint density at radius 3 is 2.79 bits per heavy atom. The van der Waals surface area contributed by atoms with Crippen LogP contribution in [0.15, 0.2) is 18.2 Å². The minimum absolute atomic E-state index is 0.287. The molecule has 1 atom stereocenters. The number of ether oxygens (including phenoxy) is 1. The first-order valence-electron chi connectivity index (χ1n) is 4.87. The zero-order valence-corrected chi connectivity index (χ0v) is 10.4. The Morgan fingerprint density at radius 1 is 1.43 bits per heavy atom. The van der Waals surface area contributed by atoms with E-state index in [4.69, 9.17) is 4.74 Å². The van der Waals surface area contributed by atoms with Gasteiger partial charge in [-0.25, -0.2) is 0 Å². The summed E-state index contributed by atoms with van der Waals surface area (Å²) < 4.78 is 5.24. The number of benzene rings is 1. The molecule has 0 bridgehead atoms. The van der Waals surface area contributed by atoms with Crippen molar-refractivity contribution in [2.75, 3.05) is 7.11 Å². The second-order valence-electron chi connectivity index (χ2n) is 4.51. The second kappa shape index (κ2) is 3.27. The number of hydrogen-bond acceptors (Lipinski definition) is 1. The van der Waals surface area contributed by atoms with E-state index in [-0.39, 0.29) is 5.41 Å². The minimum atomic E-state index is 0.287. The molecule has 0 heterocycles. The van der Waals surface area contributed by atoms with Crippen molar-refractivity contribution in [3.63, 3.8) is 0 Å². The standard InChI is InChI=1S/C12H15BrO/c1-12(2)7-11(13)9-6-8(14-3)4-5-10(9)12/h4-6,11H,7H2,1-3H3. The first kappa shape index (κ1) is 10.0. The van der Waals surface area contributed by atoms with Crippen molar-refractivity contribution in [3.8, 4) is 5.75 Å². The van der Waals surface area contributed by atoms with Crippen molar-refractivity contribution in [3.05, 3.63) is 29.3 Å². The molecule has 0 aromatic heterocycles. The number of fused-ring (bicyclic) bond motifs is 1. The summed E-state index contributed by atoms with van der Waals surface area (Å²) in [6, 6.07) is 6.38. The molecule has 1 nitrogen and oxygen atoms in total. The van der Waals surface area contributed by atoms with Gasteiger partial charge in [-0.1, -0.05) is 35.8 Å². The van der Waals surface area contributed by atoms with E-state index in [1.54, 1.807) is 7.11 Å². The molecule has 1 aliphatic carbocycles. The van der Waals surface area contributed by atoms with Crippen molar-refractivity contribution in [1.29, 1.82) is 0 Å². The lowest BCUT2D eigenvalue weighted by molar-refractivity contribution is 0.414. The highest BCUT2D eigenvalue weighted by Gasteiger charge is 2.35. The van der Waals surface area contributed by atoms with Gasteiger partial charge in [-0.3, -0.25) is 0 Å². The predicted octanol–water partition coefficient (Wildman–Crippen LogP) is 3.81. The molecule has 1 aliphatic rings. The van der Waals surface area contributed by atoms with E-state index in [9.17, 15) is 0 Å². The van der Waals surface area contributed by atoms with Gasteiger partial charge in [0.1, 0.15) is 5.75 Å². The van der Waals surface area contributed by atoms with Crippen LogP contribution in [0.4, 0.5) is 0 Å². The van der Waals surface area contributed by atoms with Gasteiger partial charge in [-0.15, -0.1) is 0 Å². The van der Waals surface area contributed by atoms with Gasteiger partial charge in [-0.05, 0) is 35.1 Å². The molecule has 0 saturated carbocycles. The van der Waals surface area contributed by atoms with Crippen LogP contribution in [-0.4, -0.2) is 7.11 Å². The van der Waals surface area contributed by atoms with Crippen LogP contribution in [-0.2, 0) is 5.41 Å². The highest BCUT2D eigenvalue weighted by atomic mass is 79.9. The molecule has 14 heavy (non-hydrogen) atoms. The van der Waals surface area contributed by atoms with Crippen LogP contribution in [0.2, 0.25) is 0 Å². The van der Waals surface area contributed by atoms with Gasteiger partial charge in [0.25, 0.3) is 0 Å². The van der Waals surface area contributed by atoms with Crippen LogP contribution in [0.3, 0.4) is 0 Å². The largest absolute Gasteiger partial charge is 0.497 e. The quantitative estimate of drug-likeness (QED) is 0.693. The SMILES string of the molecule is COc1ccc2c(c1)C(Br)CC2(C)C. The second-order valence-corrected chi connectivity index (χ2v) is 5.61. The molecular weight excluding hydrogens is 240 g/mol. The molecule has 0 radical (unpaired) electrons. The Labute approximate surface area is 93.6 Å². The first-order chi connectivity index (χ1) is 6.54. The summed E-state index contributed by atoms with van der Waals surface area (Å²) in [5.74, 6) is 0.950. The van der Waals surface area contributed by atoms with Crippen molar-refractivity contribution >= 4 is 15.9 Å². The van der Waals surface area contributed by atoms with Crippen LogP contribution >= 0.6 is 15.9 Å². The molecule has 0 N–H and O–H groups in total. The fourth-order valence-electron chi connectivity index (χ4n) is 2.21. The van der Waals surface area contributed by atoms with Crippen LogP contribution < -0.4 is 4.74 Å². The maximum absolute atomic E-state index is 5.24. The number of halogens is 1. The Hall–Kier alpha value is -0.500. The van der Waals surface area contributed by atoms with E-state index in [2.05, 4.69) is 41.9 Å². The molecule has 0 amide bonds. The summed E-state index contributed by atoms with van der Waals surface area (Å²) in [6.07, 6.45) is 1.16. The van der Waals surface area contributed by atoms with Crippen LogP contribution in [0.5, 0.6) is 5.75 Å². The predicted molar refractivity (Wildman–Crippen MR) is 62.3 cm³/mol. The maximum atomic E-state index is 5.24. The van der Waals surface area contributed by atoms with Gasteiger partial charge in [0.2, 0.25) is 0 Å². The first-order valence-corrected chi connectivity index (χ1v) is 5.78. The molecule has 0 aliphatic heterocycles. The molecule has 2 heteroatoms. The molecular formula is C12H15BrO. The smallest absolute Gasteiger partial charge is 0.119 e. The summed E-state index contributed by atoms with van der Waals surface area (Å²) in [4.78, 5) is 0.475. The molecule has 0 saturated heterocycles. The monoisotopic (exact) mass is 254 g/mol. The van der Waals surface area contributed by atoms with Crippen molar-refractivity contribution < 1.29 is 4.74 Å². The van der Waals surface area contributed by atoms with Gasteiger partial charge < -0.3 is 4.74 Å². The molecule has 1 aromatic carbocycles. The normalized spacial score (nSPS) is 23.3. The summed E-state index contributed by atoms with van der Waals surface area (Å²) in [6.45, 7) is 4.58. The molecule has 1 aromatic rings. The van der Waals surface area contributed by atoms with Crippen LogP contribution in [0.25, 0.3) is 0 Å². The lowest BCUT2D eigenvalue weighted by Gasteiger charge is -2.18. The lowest BCUT2D eigenvalue weighted by atomic mass is 9.87. The topological polar surface area (TPSA) is 9.23 Å². The summed E-state index contributed by atoms with van der Waals surface area (Å²) in [5.41, 5.74) is 3.12. The zero-order valence-electron chi connectivity index (χ0n) is 8.80. The van der Waals surface area contributed by atoms with E-state index in [1.165, 1.54) is 11.1 Å². The number of alkyl halides is 1. The summed E-state index contributed by atoms with van der Waals surface area (Å²) >= 11 is 3.72. The van der Waals surface area contributed by atoms with Crippen LogP contribution in [0, 0.1) is 0 Å². The van der Waals surface area contributed by atoms with E-state index < -0.39 is 0 Å². The van der Waals surface area contributed by atoms with Gasteiger partial charge in [-0.2, -0.15) is 0 Å². The van der Waals surface area contributed by atoms with E-state index in [0.717, 1.165) is 12.2 Å². The molecule has 1 unspecified atom stereocenters. The molecule has 76 valence electrons. The minimum Gasteiger partial charge on any atom is -0.497 e. The van der Waals surface area contributed by atoms with Crippen molar-refractivity contribution in [2.24, 2.45) is 0 Å². The van der Waals surface area contributed by atoms with Gasteiger partial charge in [0, 0.05) is 4.83 Å². The van der Waals surface area contributed by atoms with E-state index >= 15 is 0 Å². The molecule has 0 fully saturated rings. The fourth-order valence-corrected chi connectivity index (χ4v) is 3.40. The molecule has 2 rings (SSSR count). The van der Waals surface area contributed by atoms with Gasteiger partial charge in [0.05, 0.1) is 7.11 Å². The third-order valence-electron chi connectivity index (χ3n) is 3.01. The average Bonchev–Trinajstić information content (AvgIpc) is 2.37. The Balaban J connectivity index is 2.52. The number of hydrogen-bond donors (Lipinski definition) is 0. The summed E-state index contributed by atoms with van der Waals surface area (Å²) in [7, 11) is 1.71. The number of rotatable bonds is 1. The van der Waals surface area contributed by atoms with Crippen molar-refractivity contribution in [2.45, 2.75) is 30.5 Å². The Bertz CT molecular complexity index is 357. The van der Waals surface area contributed by atoms with E-state index in [0.29, 0.717) is 4.83 Å². The Morgan fingerprint density at radius 2 is 2.14 bits per heavy atom. The third-order valence-corrected chi connectivity index (χ3v) is 3.83. The molecule has 0 spiro atoms. The Kier molecular flexibility index (Phi) is 2.34. The van der Waals surface area contributed by atoms with Crippen LogP contribution in [0.1, 0.15) is 36.2 Å². The zero-order chi connectivity index (χ0) is 10.3. The average molecular weight is 255 g/mol. The highest BCUT2D eigenvalue weighted by molar-refractivity contribution is 9.09.